The molecule has 1 aliphatic heterocycles. The van der Waals surface area contributed by atoms with Gasteiger partial charge in [-0.15, -0.1) is 0 Å². The lowest BCUT2D eigenvalue weighted by Gasteiger charge is -2.32. The van der Waals surface area contributed by atoms with Gasteiger partial charge < -0.3 is 5.32 Å². The van der Waals surface area contributed by atoms with Gasteiger partial charge in [-0.3, -0.25) is 4.90 Å². The van der Waals surface area contributed by atoms with E-state index in [1.165, 1.54) is 58.2 Å². The van der Waals surface area contributed by atoms with Crippen molar-refractivity contribution in [2.45, 2.75) is 64.5 Å². The molecular formula is C14H28N2. The van der Waals surface area contributed by atoms with Crippen molar-refractivity contribution >= 4 is 0 Å². The molecule has 2 fully saturated rings. The first-order valence-electron chi connectivity index (χ1n) is 7.25. The van der Waals surface area contributed by atoms with Crippen LogP contribution in [0.4, 0.5) is 0 Å². The van der Waals surface area contributed by atoms with Gasteiger partial charge in [-0.25, -0.2) is 0 Å². The van der Waals surface area contributed by atoms with Gasteiger partial charge in [-0.1, -0.05) is 19.8 Å². The quantitative estimate of drug-likeness (QED) is 0.790. The van der Waals surface area contributed by atoms with E-state index in [0.29, 0.717) is 0 Å². The molecule has 2 aliphatic rings. The Hall–Kier alpha value is -0.0800. The van der Waals surface area contributed by atoms with Crippen molar-refractivity contribution < 1.29 is 0 Å². The second-order valence-electron chi connectivity index (χ2n) is 5.87. The van der Waals surface area contributed by atoms with Gasteiger partial charge in [0.05, 0.1) is 0 Å². The van der Waals surface area contributed by atoms with E-state index in [1.54, 1.807) is 0 Å². The molecule has 94 valence electrons. The molecule has 2 heteroatoms. The highest BCUT2D eigenvalue weighted by Crippen LogP contribution is 2.23. The second-order valence-corrected chi connectivity index (χ2v) is 5.87. The molecule has 0 aromatic rings. The van der Waals surface area contributed by atoms with Crippen LogP contribution in [0.25, 0.3) is 0 Å². The van der Waals surface area contributed by atoms with E-state index in [1.807, 2.05) is 0 Å². The number of hydrogen-bond acceptors (Lipinski definition) is 2. The zero-order valence-corrected chi connectivity index (χ0v) is 11.0. The SMILES string of the molecule is CC1CCCCC1NCC(C)N1CCCC1. The van der Waals surface area contributed by atoms with Crippen molar-refractivity contribution in [1.29, 1.82) is 0 Å². The molecule has 1 saturated carbocycles. The third-order valence-corrected chi connectivity index (χ3v) is 4.55. The van der Waals surface area contributed by atoms with Gasteiger partial charge in [-0.05, 0) is 51.6 Å². The molecule has 1 N–H and O–H groups in total. The van der Waals surface area contributed by atoms with Crippen LogP contribution in [0.2, 0.25) is 0 Å². The molecule has 1 heterocycles. The lowest BCUT2D eigenvalue weighted by molar-refractivity contribution is 0.219. The fourth-order valence-electron chi connectivity index (χ4n) is 3.25. The zero-order chi connectivity index (χ0) is 11.4. The van der Waals surface area contributed by atoms with Crippen molar-refractivity contribution in [3.8, 4) is 0 Å². The number of nitrogens with one attached hydrogen (secondary N) is 1. The maximum absolute atomic E-state index is 3.81. The molecule has 0 aromatic heterocycles. The maximum Gasteiger partial charge on any atom is 0.0192 e. The van der Waals surface area contributed by atoms with Crippen LogP contribution in [0, 0.1) is 5.92 Å². The lowest BCUT2D eigenvalue weighted by Crippen LogP contribution is -2.45. The first-order valence-corrected chi connectivity index (χ1v) is 7.25. The maximum atomic E-state index is 3.81. The van der Waals surface area contributed by atoms with E-state index in [2.05, 4.69) is 24.1 Å². The molecule has 1 aliphatic carbocycles. The monoisotopic (exact) mass is 224 g/mol. The Kier molecular flexibility index (Phi) is 4.66. The van der Waals surface area contributed by atoms with Crippen LogP contribution >= 0.6 is 0 Å². The number of nitrogens with zero attached hydrogens (tertiary/aromatic N) is 1. The molecule has 2 nitrogen and oxygen atoms in total. The predicted molar refractivity (Wildman–Crippen MR) is 69.7 cm³/mol. The summed E-state index contributed by atoms with van der Waals surface area (Å²) in [7, 11) is 0. The fraction of sp³-hybridized carbons (Fsp3) is 1.00. The van der Waals surface area contributed by atoms with Gasteiger partial charge in [0, 0.05) is 18.6 Å². The minimum atomic E-state index is 0.733. The van der Waals surface area contributed by atoms with E-state index >= 15 is 0 Å². The minimum absolute atomic E-state index is 0.733. The van der Waals surface area contributed by atoms with Gasteiger partial charge in [0.1, 0.15) is 0 Å². The van der Waals surface area contributed by atoms with Gasteiger partial charge in [-0.2, -0.15) is 0 Å². The van der Waals surface area contributed by atoms with Crippen LogP contribution in [0.5, 0.6) is 0 Å². The van der Waals surface area contributed by atoms with Crippen LogP contribution in [0.1, 0.15) is 52.4 Å². The van der Waals surface area contributed by atoms with Gasteiger partial charge in [0.15, 0.2) is 0 Å². The van der Waals surface area contributed by atoms with E-state index < -0.39 is 0 Å². The molecule has 16 heavy (non-hydrogen) atoms. The zero-order valence-electron chi connectivity index (χ0n) is 11.0. The molecule has 0 aromatic carbocycles. The molecule has 0 amide bonds. The standard InChI is InChI=1S/C14H28N2/c1-12-7-3-4-8-14(12)15-11-13(2)16-9-5-6-10-16/h12-15H,3-11H2,1-2H3. The lowest BCUT2D eigenvalue weighted by atomic mass is 9.86. The van der Waals surface area contributed by atoms with Crippen LogP contribution < -0.4 is 5.32 Å². The summed E-state index contributed by atoms with van der Waals surface area (Å²) in [5.41, 5.74) is 0. The topological polar surface area (TPSA) is 15.3 Å². The summed E-state index contributed by atoms with van der Waals surface area (Å²) in [6, 6.07) is 1.52. The summed E-state index contributed by atoms with van der Waals surface area (Å²) >= 11 is 0. The fourth-order valence-corrected chi connectivity index (χ4v) is 3.25. The van der Waals surface area contributed by atoms with Crippen LogP contribution in [0.3, 0.4) is 0 Å². The summed E-state index contributed by atoms with van der Waals surface area (Å²) in [6.07, 6.45) is 8.51. The number of likely N-dealkylation sites (tertiary alicyclic amines) is 1. The Balaban J connectivity index is 1.69. The van der Waals surface area contributed by atoms with Crippen molar-refractivity contribution in [2.24, 2.45) is 5.92 Å². The average molecular weight is 224 g/mol. The van der Waals surface area contributed by atoms with E-state index in [-0.39, 0.29) is 0 Å². The molecule has 2 rings (SSSR count). The van der Waals surface area contributed by atoms with E-state index in [4.69, 9.17) is 0 Å². The molecule has 0 radical (unpaired) electrons. The van der Waals surface area contributed by atoms with Gasteiger partial charge in [0.2, 0.25) is 0 Å². The predicted octanol–water partition coefficient (Wildman–Crippen LogP) is 2.64. The van der Waals surface area contributed by atoms with E-state index in [0.717, 1.165) is 18.0 Å². The summed E-state index contributed by atoms with van der Waals surface area (Å²) in [5, 5.41) is 3.81. The first kappa shape index (κ1) is 12.4. The molecule has 3 atom stereocenters. The summed E-state index contributed by atoms with van der Waals surface area (Å²) < 4.78 is 0. The van der Waals surface area contributed by atoms with Gasteiger partial charge >= 0.3 is 0 Å². The van der Waals surface area contributed by atoms with Crippen LogP contribution in [-0.4, -0.2) is 36.6 Å². The molecule has 3 unspecified atom stereocenters. The Morgan fingerprint density at radius 3 is 2.50 bits per heavy atom. The summed E-state index contributed by atoms with van der Waals surface area (Å²) in [4.78, 5) is 2.64. The molecular weight excluding hydrogens is 196 g/mol. The molecule has 0 bridgehead atoms. The average Bonchev–Trinajstić information content (AvgIpc) is 2.81. The Morgan fingerprint density at radius 2 is 1.81 bits per heavy atom. The number of hydrogen-bond donors (Lipinski definition) is 1. The Bertz CT molecular complexity index is 199. The van der Waals surface area contributed by atoms with E-state index in [9.17, 15) is 0 Å². The molecule has 0 spiro atoms. The summed E-state index contributed by atoms with van der Waals surface area (Å²) in [6.45, 7) is 8.63. The minimum Gasteiger partial charge on any atom is -0.312 e. The third kappa shape index (κ3) is 3.21. The third-order valence-electron chi connectivity index (χ3n) is 4.55. The highest BCUT2D eigenvalue weighted by atomic mass is 15.2. The largest absolute Gasteiger partial charge is 0.312 e. The van der Waals surface area contributed by atoms with Crippen molar-refractivity contribution in [1.82, 2.24) is 10.2 Å². The Labute approximate surface area is 101 Å². The van der Waals surface area contributed by atoms with Crippen LogP contribution in [0.15, 0.2) is 0 Å². The van der Waals surface area contributed by atoms with Crippen LogP contribution in [-0.2, 0) is 0 Å². The van der Waals surface area contributed by atoms with Crippen molar-refractivity contribution in [2.75, 3.05) is 19.6 Å². The second kappa shape index (κ2) is 6.02. The number of rotatable bonds is 4. The van der Waals surface area contributed by atoms with Crippen molar-refractivity contribution in [3.05, 3.63) is 0 Å². The normalized spacial score (nSPS) is 34.1. The Morgan fingerprint density at radius 1 is 1.12 bits per heavy atom. The molecule has 1 saturated heterocycles. The summed E-state index contributed by atoms with van der Waals surface area (Å²) in [5.74, 6) is 0.888. The highest BCUT2D eigenvalue weighted by molar-refractivity contribution is 4.81. The van der Waals surface area contributed by atoms with Crippen molar-refractivity contribution in [3.63, 3.8) is 0 Å². The highest BCUT2D eigenvalue weighted by Gasteiger charge is 2.23. The smallest absolute Gasteiger partial charge is 0.0192 e. The van der Waals surface area contributed by atoms with Gasteiger partial charge in [0.25, 0.3) is 0 Å². The first-order chi connectivity index (χ1) is 7.77.